The summed E-state index contributed by atoms with van der Waals surface area (Å²) in [7, 11) is -2.21. The van der Waals surface area contributed by atoms with Gasteiger partial charge in [0.05, 0.1) is 12.8 Å². The predicted molar refractivity (Wildman–Crippen MR) is 118 cm³/mol. The SMILES string of the molecule is CC(C(=O)NCc1ccc2c(c1)OCO2)N(Cc1ccccc1)C(=O)CN(C)S(C)(=O)=O. The van der Waals surface area contributed by atoms with Gasteiger partial charge in [0.2, 0.25) is 28.6 Å². The van der Waals surface area contributed by atoms with Crippen molar-refractivity contribution in [3.63, 3.8) is 0 Å². The predicted octanol–water partition coefficient (Wildman–Crippen LogP) is 1.34. The molecule has 1 unspecified atom stereocenters. The van der Waals surface area contributed by atoms with Gasteiger partial charge < -0.3 is 19.7 Å². The van der Waals surface area contributed by atoms with Crippen molar-refractivity contribution in [2.24, 2.45) is 0 Å². The van der Waals surface area contributed by atoms with E-state index in [4.69, 9.17) is 9.47 Å². The van der Waals surface area contributed by atoms with Crippen molar-refractivity contribution in [2.45, 2.75) is 26.1 Å². The Morgan fingerprint density at radius 1 is 1.06 bits per heavy atom. The molecule has 0 aliphatic carbocycles. The summed E-state index contributed by atoms with van der Waals surface area (Å²) >= 11 is 0. The minimum atomic E-state index is -3.54. The number of nitrogens with one attached hydrogen (secondary N) is 1. The molecule has 1 aliphatic rings. The number of sulfonamides is 1. The molecular weight excluding hydrogens is 434 g/mol. The van der Waals surface area contributed by atoms with Gasteiger partial charge in [0.15, 0.2) is 11.5 Å². The van der Waals surface area contributed by atoms with Crippen LogP contribution in [0.4, 0.5) is 0 Å². The number of ether oxygens (including phenoxy) is 2. The largest absolute Gasteiger partial charge is 0.454 e. The number of nitrogens with zero attached hydrogens (tertiary/aromatic N) is 2. The molecule has 2 aromatic rings. The number of hydrogen-bond donors (Lipinski definition) is 1. The lowest BCUT2D eigenvalue weighted by atomic mass is 10.1. The highest BCUT2D eigenvalue weighted by atomic mass is 32.2. The van der Waals surface area contributed by atoms with Crippen LogP contribution in [0.1, 0.15) is 18.1 Å². The molecule has 0 saturated carbocycles. The van der Waals surface area contributed by atoms with Crippen LogP contribution in [0.25, 0.3) is 0 Å². The number of fused-ring (bicyclic) bond motifs is 1. The molecule has 172 valence electrons. The average Bonchev–Trinajstić information content (AvgIpc) is 3.23. The van der Waals surface area contributed by atoms with Crippen molar-refractivity contribution in [3.05, 3.63) is 59.7 Å². The molecule has 0 saturated heterocycles. The van der Waals surface area contributed by atoms with Crippen molar-refractivity contribution in [1.82, 2.24) is 14.5 Å². The van der Waals surface area contributed by atoms with Gasteiger partial charge in [-0.25, -0.2) is 8.42 Å². The van der Waals surface area contributed by atoms with E-state index in [0.29, 0.717) is 11.5 Å². The molecule has 2 amide bonds. The van der Waals surface area contributed by atoms with Gasteiger partial charge in [-0.15, -0.1) is 0 Å². The van der Waals surface area contributed by atoms with Crippen LogP contribution >= 0.6 is 0 Å². The minimum absolute atomic E-state index is 0.167. The van der Waals surface area contributed by atoms with Crippen molar-refractivity contribution in [1.29, 1.82) is 0 Å². The third-order valence-electron chi connectivity index (χ3n) is 5.19. The molecule has 0 bridgehead atoms. The second kappa shape index (κ2) is 10.0. The number of amides is 2. The zero-order chi connectivity index (χ0) is 23.3. The van der Waals surface area contributed by atoms with E-state index < -0.39 is 22.0 Å². The van der Waals surface area contributed by atoms with Gasteiger partial charge in [-0.2, -0.15) is 4.31 Å². The summed E-state index contributed by atoms with van der Waals surface area (Å²) in [6.45, 7) is 1.86. The van der Waals surface area contributed by atoms with Gasteiger partial charge in [0.1, 0.15) is 6.04 Å². The lowest BCUT2D eigenvalue weighted by Gasteiger charge is -2.30. The van der Waals surface area contributed by atoms with Crippen LogP contribution in [-0.4, -0.2) is 62.1 Å². The molecule has 0 spiro atoms. The molecule has 1 atom stereocenters. The lowest BCUT2D eigenvalue weighted by Crippen LogP contribution is -2.50. The number of rotatable bonds is 9. The molecule has 0 aromatic heterocycles. The third kappa shape index (κ3) is 5.98. The number of carbonyl (C=O) groups excluding carboxylic acids is 2. The van der Waals surface area contributed by atoms with Gasteiger partial charge in [0, 0.05) is 20.1 Å². The first-order chi connectivity index (χ1) is 15.1. The number of hydrogen-bond acceptors (Lipinski definition) is 6. The Hall–Kier alpha value is -3.11. The molecule has 1 N–H and O–H groups in total. The van der Waals surface area contributed by atoms with E-state index in [9.17, 15) is 18.0 Å². The highest BCUT2D eigenvalue weighted by Gasteiger charge is 2.28. The maximum atomic E-state index is 13.0. The summed E-state index contributed by atoms with van der Waals surface area (Å²) in [5.41, 5.74) is 1.66. The number of likely N-dealkylation sites (N-methyl/N-ethyl adjacent to an activating group) is 1. The van der Waals surface area contributed by atoms with E-state index in [-0.39, 0.29) is 32.3 Å². The highest BCUT2D eigenvalue weighted by Crippen LogP contribution is 2.32. The van der Waals surface area contributed by atoms with Gasteiger partial charge in [-0.1, -0.05) is 36.4 Å². The Bertz CT molecular complexity index is 1070. The summed E-state index contributed by atoms with van der Waals surface area (Å²) in [5, 5.41) is 2.83. The van der Waals surface area contributed by atoms with Crippen LogP contribution in [0.15, 0.2) is 48.5 Å². The molecular formula is C22H27N3O6S. The Kier molecular flexibility index (Phi) is 7.37. The molecule has 1 aliphatic heterocycles. The van der Waals surface area contributed by atoms with Crippen LogP contribution in [0.5, 0.6) is 11.5 Å². The topological polar surface area (TPSA) is 105 Å². The van der Waals surface area contributed by atoms with E-state index >= 15 is 0 Å². The molecule has 32 heavy (non-hydrogen) atoms. The van der Waals surface area contributed by atoms with Crippen LogP contribution in [0.2, 0.25) is 0 Å². The van der Waals surface area contributed by atoms with E-state index in [1.165, 1.54) is 11.9 Å². The Morgan fingerprint density at radius 3 is 2.44 bits per heavy atom. The zero-order valence-electron chi connectivity index (χ0n) is 18.3. The molecule has 2 aromatic carbocycles. The van der Waals surface area contributed by atoms with Crippen molar-refractivity contribution in [3.8, 4) is 11.5 Å². The molecule has 10 heteroatoms. The van der Waals surface area contributed by atoms with Gasteiger partial charge in [-0.3, -0.25) is 9.59 Å². The summed E-state index contributed by atoms with van der Waals surface area (Å²) in [6, 6.07) is 13.8. The maximum Gasteiger partial charge on any atom is 0.242 e. The monoisotopic (exact) mass is 461 g/mol. The molecule has 0 radical (unpaired) electrons. The van der Waals surface area contributed by atoms with Crippen LogP contribution in [0.3, 0.4) is 0 Å². The molecule has 9 nitrogen and oxygen atoms in total. The highest BCUT2D eigenvalue weighted by molar-refractivity contribution is 7.88. The normalized spacial score (nSPS) is 13.6. The van der Waals surface area contributed by atoms with Crippen molar-refractivity contribution < 1.29 is 27.5 Å². The van der Waals surface area contributed by atoms with Gasteiger partial charge >= 0.3 is 0 Å². The maximum absolute atomic E-state index is 13.0. The smallest absolute Gasteiger partial charge is 0.242 e. The Labute approximate surface area is 188 Å². The Morgan fingerprint density at radius 2 is 1.75 bits per heavy atom. The first-order valence-corrected chi connectivity index (χ1v) is 11.9. The summed E-state index contributed by atoms with van der Waals surface area (Å²) in [4.78, 5) is 27.2. The summed E-state index contributed by atoms with van der Waals surface area (Å²) in [5.74, 6) is 0.457. The second-order valence-corrected chi connectivity index (χ2v) is 9.70. The zero-order valence-corrected chi connectivity index (χ0v) is 19.1. The fraction of sp³-hybridized carbons (Fsp3) is 0.364. The minimum Gasteiger partial charge on any atom is -0.454 e. The summed E-state index contributed by atoms with van der Waals surface area (Å²) < 4.78 is 35.1. The molecule has 1 heterocycles. The fourth-order valence-corrected chi connectivity index (χ4v) is 3.49. The number of benzene rings is 2. The molecule has 3 rings (SSSR count). The first kappa shape index (κ1) is 23.6. The average molecular weight is 462 g/mol. The van der Waals surface area contributed by atoms with Gasteiger partial charge in [-0.05, 0) is 30.2 Å². The number of carbonyl (C=O) groups is 2. The van der Waals surface area contributed by atoms with E-state index in [1.54, 1.807) is 19.1 Å². The van der Waals surface area contributed by atoms with Crippen molar-refractivity contribution in [2.75, 3.05) is 26.6 Å². The third-order valence-corrected chi connectivity index (χ3v) is 6.45. The van der Waals surface area contributed by atoms with Crippen LogP contribution < -0.4 is 14.8 Å². The fourth-order valence-electron chi connectivity index (χ4n) is 3.15. The molecule has 0 fully saturated rings. The van der Waals surface area contributed by atoms with Crippen LogP contribution in [0, 0.1) is 0 Å². The second-order valence-electron chi connectivity index (χ2n) is 7.61. The standard InChI is InChI=1S/C22H27N3O6S/c1-16(22(27)23-12-18-9-10-19-20(11-18)31-15-30-19)25(13-17-7-5-4-6-8-17)21(26)14-24(2)32(3,28)29/h4-11,16H,12-15H2,1-3H3,(H,23,27). The first-order valence-electron chi connectivity index (χ1n) is 10.1. The Balaban J connectivity index is 1.70. The van der Waals surface area contributed by atoms with E-state index in [0.717, 1.165) is 21.7 Å². The van der Waals surface area contributed by atoms with Crippen molar-refractivity contribution >= 4 is 21.8 Å². The lowest BCUT2D eigenvalue weighted by molar-refractivity contribution is -0.140. The quantitative estimate of drug-likeness (QED) is 0.604. The van der Waals surface area contributed by atoms with E-state index in [1.807, 2.05) is 36.4 Å². The van der Waals surface area contributed by atoms with Crippen LogP contribution in [-0.2, 0) is 32.7 Å². The summed E-state index contributed by atoms with van der Waals surface area (Å²) in [6.07, 6.45) is 1.03. The van der Waals surface area contributed by atoms with Gasteiger partial charge in [0.25, 0.3) is 0 Å². The van der Waals surface area contributed by atoms with E-state index in [2.05, 4.69) is 5.32 Å².